The molecule has 0 N–H and O–H groups in total. The van der Waals surface area contributed by atoms with Gasteiger partial charge in [-0.2, -0.15) is 0 Å². The van der Waals surface area contributed by atoms with E-state index >= 15 is 0 Å². The van der Waals surface area contributed by atoms with Crippen molar-refractivity contribution in [3.05, 3.63) is 24.4 Å². The van der Waals surface area contributed by atoms with Crippen molar-refractivity contribution in [2.75, 3.05) is 42.6 Å². The maximum absolute atomic E-state index is 12.4. The van der Waals surface area contributed by atoms with Crippen LogP contribution in [0.1, 0.15) is 6.92 Å². The highest BCUT2D eigenvalue weighted by Crippen LogP contribution is 2.28. The van der Waals surface area contributed by atoms with Crippen LogP contribution in [-0.2, 0) is 4.79 Å². The number of nitrogens with zero attached hydrogens (tertiary/aromatic N) is 5. The van der Waals surface area contributed by atoms with Gasteiger partial charge >= 0.3 is 0 Å². The zero-order valence-electron chi connectivity index (χ0n) is 13.4. The number of amides is 1. The topological polar surface area (TPSA) is 62.2 Å². The molecule has 1 amide bonds. The number of hydrogen-bond donors (Lipinski definition) is 0. The van der Waals surface area contributed by atoms with Gasteiger partial charge in [0.15, 0.2) is 8.68 Å². The third-order valence-corrected chi connectivity index (χ3v) is 6.64. The molecule has 0 radical (unpaired) electrons. The molecule has 0 aliphatic carbocycles. The van der Waals surface area contributed by atoms with Gasteiger partial charge in [-0.1, -0.05) is 47.9 Å². The van der Waals surface area contributed by atoms with E-state index in [0.717, 1.165) is 46.4 Å². The molecule has 2 aromatic rings. The fraction of sp³-hybridized carbons (Fsp3) is 0.467. The van der Waals surface area contributed by atoms with Crippen LogP contribution in [0.3, 0.4) is 0 Å². The van der Waals surface area contributed by atoms with Crippen molar-refractivity contribution in [3.8, 4) is 0 Å². The summed E-state index contributed by atoms with van der Waals surface area (Å²) in [6.45, 7) is 5.21. The van der Waals surface area contributed by atoms with E-state index < -0.39 is 0 Å². The van der Waals surface area contributed by atoms with Crippen LogP contribution >= 0.6 is 34.9 Å². The second-order valence-corrected chi connectivity index (χ2v) is 8.82. The average Bonchev–Trinajstić information content (AvgIpc) is 3.08. The number of carbonyl (C=O) groups is 1. The van der Waals surface area contributed by atoms with Gasteiger partial charge < -0.3 is 9.80 Å². The molecule has 1 fully saturated rings. The van der Waals surface area contributed by atoms with Gasteiger partial charge in [0.2, 0.25) is 5.91 Å². The van der Waals surface area contributed by atoms with E-state index in [-0.39, 0.29) is 5.91 Å². The summed E-state index contributed by atoms with van der Waals surface area (Å²) in [5.74, 6) is 2.56. The summed E-state index contributed by atoms with van der Waals surface area (Å²) in [5.41, 5.74) is 0. The van der Waals surface area contributed by atoms with Crippen LogP contribution in [-0.4, -0.2) is 63.7 Å². The van der Waals surface area contributed by atoms with Crippen molar-refractivity contribution in [3.63, 3.8) is 0 Å². The summed E-state index contributed by atoms with van der Waals surface area (Å²) < 4.78 is 1.84. The Bertz CT molecular complexity index is 658. The third kappa shape index (κ3) is 4.61. The monoisotopic (exact) mass is 381 g/mol. The lowest BCUT2D eigenvalue weighted by Gasteiger charge is -2.35. The van der Waals surface area contributed by atoms with Crippen molar-refractivity contribution in [1.82, 2.24) is 20.1 Å². The second-order valence-electron chi connectivity index (χ2n) is 5.11. The summed E-state index contributed by atoms with van der Waals surface area (Å²) in [4.78, 5) is 20.9. The Kier molecular flexibility index (Phi) is 6.33. The Labute approximate surface area is 154 Å². The van der Waals surface area contributed by atoms with Crippen LogP contribution in [0.25, 0.3) is 0 Å². The number of piperazine rings is 1. The molecule has 0 unspecified atom stereocenters. The van der Waals surface area contributed by atoms with Crippen LogP contribution in [0.5, 0.6) is 0 Å². The zero-order valence-corrected chi connectivity index (χ0v) is 15.9. The molecule has 0 saturated carbocycles. The van der Waals surface area contributed by atoms with E-state index in [1.165, 1.54) is 11.8 Å². The lowest BCUT2D eigenvalue weighted by molar-refractivity contribution is -0.128. The minimum atomic E-state index is 0.167. The number of rotatable bonds is 6. The summed E-state index contributed by atoms with van der Waals surface area (Å²) >= 11 is 4.72. The van der Waals surface area contributed by atoms with Gasteiger partial charge in [0.05, 0.1) is 5.75 Å². The highest BCUT2D eigenvalue weighted by molar-refractivity contribution is 8.03. The Morgan fingerprint density at radius 2 is 1.92 bits per heavy atom. The van der Waals surface area contributed by atoms with E-state index in [0.29, 0.717) is 5.75 Å². The fourth-order valence-corrected chi connectivity index (χ4v) is 5.20. The summed E-state index contributed by atoms with van der Waals surface area (Å²) in [6.07, 6.45) is 1.80. The standard InChI is InChI=1S/C15H19N5OS3/c1-2-22-14-17-18-15(24-14)23-11-13(21)20-9-7-19(8-10-20)12-5-3-4-6-16-12/h3-6H,2,7-11H2,1H3. The largest absolute Gasteiger partial charge is 0.353 e. The Hall–Kier alpha value is -1.32. The predicted octanol–water partition coefficient (Wildman–Crippen LogP) is 2.49. The molecule has 3 rings (SSSR count). The first-order valence-corrected chi connectivity index (χ1v) is 10.6. The van der Waals surface area contributed by atoms with E-state index in [1.807, 2.05) is 23.1 Å². The lowest BCUT2D eigenvalue weighted by atomic mass is 10.3. The maximum Gasteiger partial charge on any atom is 0.233 e. The number of carbonyl (C=O) groups excluding carboxylic acids is 1. The SMILES string of the molecule is CCSc1nnc(SCC(=O)N2CCN(c3ccccn3)CC2)s1. The maximum atomic E-state index is 12.4. The van der Waals surface area contributed by atoms with Crippen LogP contribution < -0.4 is 4.90 Å². The van der Waals surface area contributed by atoms with Crippen molar-refractivity contribution in [1.29, 1.82) is 0 Å². The Morgan fingerprint density at radius 1 is 1.17 bits per heavy atom. The minimum absolute atomic E-state index is 0.167. The molecule has 9 heteroatoms. The molecule has 0 bridgehead atoms. The van der Waals surface area contributed by atoms with Gasteiger partial charge in [-0.3, -0.25) is 4.79 Å². The number of hydrogen-bond acceptors (Lipinski definition) is 8. The van der Waals surface area contributed by atoms with Gasteiger partial charge in [-0.15, -0.1) is 10.2 Å². The first-order chi connectivity index (χ1) is 11.8. The first-order valence-electron chi connectivity index (χ1n) is 7.79. The second kappa shape index (κ2) is 8.68. The van der Waals surface area contributed by atoms with Gasteiger partial charge in [-0.25, -0.2) is 4.98 Å². The lowest BCUT2D eigenvalue weighted by Crippen LogP contribution is -2.49. The van der Waals surface area contributed by atoms with Gasteiger partial charge in [-0.05, 0) is 17.9 Å². The molecule has 128 valence electrons. The number of pyridine rings is 1. The number of aromatic nitrogens is 3. The molecule has 1 aliphatic heterocycles. The van der Waals surface area contributed by atoms with Gasteiger partial charge in [0.1, 0.15) is 5.82 Å². The Morgan fingerprint density at radius 3 is 2.58 bits per heavy atom. The van der Waals surface area contributed by atoms with E-state index in [9.17, 15) is 4.79 Å². The molecule has 2 aromatic heterocycles. The molecule has 1 aliphatic rings. The van der Waals surface area contributed by atoms with E-state index in [1.54, 1.807) is 29.3 Å². The van der Waals surface area contributed by atoms with Crippen LogP contribution in [0.2, 0.25) is 0 Å². The normalized spacial score (nSPS) is 14.9. The summed E-state index contributed by atoms with van der Waals surface area (Å²) in [6, 6.07) is 5.91. The van der Waals surface area contributed by atoms with Crippen LogP contribution in [0.15, 0.2) is 33.1 Å². The van der Waals surface area contributed by atoms with Crippen molar-refractivity contribution in [2.24, 2.45) is 0 Å². The number of thioether (sulfide) groups is 2. The third-order valence-electron chi connectivity index (χ3n) is 3.58. The van der Waals surface area contributed by atoms with Crippen LogP contribution in [0.4, 0.5) is 5.82 Å². The van der Waals surface area contributed by atoms with Crippen molar-refractivity contribution in [2.45, 2.75) is 15.6 Å². The van der Waals surface area contributed by atoms with Gasteiger partial charge in [0, 0.05) is 32.4 Å². The molecule has 3 heterocycles. The van der Waals surface area contributed by atoms with E-state index in [4.69, 9.17) is 0 Å². The molecule has 1 saturated heterocycles. The number of anilines is 1. The molecule has 0 spiro atoms. The van der Waals surface area contributed by atoms with Gasteiger partial charge in [0.25, 0.3) is 0 Å². The molecule has 6 nitrogen and oxygen atoms in total. The Balaban J connectivity index is 1.45. The smallest absolute Gasteiger partial charge is 0.233 e. The predicted molar refractivity (Wildman–Crippen MR) is 100 cm³/mol. The molecule has 24 heavy (non-hydrogen) atoms. The highest BCUT2D eigenvalue weighted by Gasteiger charge is 2.22. The first kappa shape index (κ1) is 17.5. The van der Waals surface area contributed by atoms with Crippen molar-refractivity contribution >= 4 is 46.6 Å². The van der Waals surface area contributed by atoms with E-state index in [2.05, 4.69) is 27.0 Å². The fourth-order valence-electron chi connectivity index (χ4n) is 2.38. The molecule has 0 aromatic carbocycles. The minimum Gasteiger partial charge on any atom is -0.353 e. The summed E-state index contributed by atoms with van der Waals surface area (Å²) in [5, 5.41) is 8.24. The molecular formula is C15H19N5OS3. The molecular weight excluding hydrogens is 362 g/mol. The van der Waals surface area contributed by atoms with Crippen molar-refractivity contribution < 1.29 is 4.79 Å². The van der Waals surface area contributed by atoms with Crippen LogP contribution in [0, 0.1) is 0 Å². The highest BCUT2D eigenvalue weighted by atomic mass is 32.2. The quantitative estimate of drug-likeness (QED) is 0.712. The summed E-state index contributed by atoms with van der Waals surface area (Å²) in [7, 11) is 0. The average molecular weight is 382 g/mol. The molecule has 0 atom stereocenters. The zero-order chi connectivity index (χ0) is 16.8.